The number of hydrogen-bond acceptors (Lipinski definition) is 2. The van der Waals surface area contributed by atoms with Crippen LogP contribution in [0.2, 0.25) is 0 Å². The molecule has 0 saturated carbocycles. The maximum Gasteiger partial charge on any atom is 0.188 e. The number of Topliss-reactive ketones (excluding diaryl/α,β-unsaturated/α-hetero) is 1. The normalized spacial score (nSPS) is 10.6. The molecule has 0 amide bonds. The van der Waals surface area contributed by atoms with Crippen LogP contribution in [0, 0.1) is 13.8 Å². The Labute approximate surface area is 127 Å². The fourth-order valence-electron chi connectivity index (χ4n) is 1.98. The largest absolute Gasteiger partial charge is 0.369 e. The summed E-state index contributed by atoms with van der Waals surface area (Å²) in [5.74, 6) is 0.00210. The second-order valence-electron chi connectivity index (χ2n) is 4.85. The van der Waals surface area contributed by atoms with Crippen molar-refractivity contribution < 1.29 is 9.53 Å². The second-order valence-corrected chi connectivity index (χ2v) is 5.77. The molecule has 0 aliphatic carbocycles. The fourth-order valence-corrected chi connectivity index (χ4v) is 2.24. The van der Waals surface area contributed by atoms with Gasteiger partial charge in [0.1, 0.15) is 6.61 Å². The van der Waals surface area contributed by atoms with Crippen molar-refractivity contribution in [3.8, 4) is 0 Å². The van der Waals surface area contributed by atoms with E-state index in [4.69, 9.17) is 4.74 Å². The number of ether oxygens (including phenoxy) is 1. The number of aryl methyl sites for hydroxylation is 2. The lowest BCUT2D eigenvalue weighted by Gasteiger charge is -2.08. The van der Waals surface area contributed by atoms with Gasteiger partial charge in [-0.3, -0.25) is 4.79 Å². The molecule has 2 aromatic carbocycles. The highest BCUT2D eigenvalue weighted by atomic mass is 79.9. The molecule has 0 spiro atoms. The average molecular weight is 333 g/mol. The van der Waals surface area contributed by atoms with Crippen LogP contribution in [0.25, 0.3) is 0 Å². The highest BCUT2D eigenvalue weighted by Gasteiger charge is 2.06. The van der Waals surface area contributed by atoms with E-state index in [2.05, 4.69) is 48.0 Å². The third-order valence-corrected chi connectivity index (χ3v) is 3.68. The van der Waals surface area contributed by atoms with Crippen LogP contribution in [0.15, 0.2) is 46.9 Å². The first-order valence-electron chi connectivity index (χ1n) is 6.49. The molecule has 2 rings (SSSR count). The smallest absolute Gasteiger partial charge is 0.188 e. The molecule has 0 bridgehead atoms. The maximum absolute atomic E-state index is 11.9. The van der Waals surface area contributed by atoms with Gasteiger partial charge in [-0.05, 0) is 37.1 Å². The lowest BCUT2D eigenvalue weighted by Crippen LogP contribution is -2.09. The van der Waals surface area contributed by atoms with Gasteiger partial charge in [0.05, 0.1) is 6.61 Å². The molecule has 0 saturated heterocycles. The minimum atomic E-state index is 0.00210. The molecule has 0 atom stereocenters. The lowest BCUT2D eigenvalue weighted by atomic mass is 10.1. The Morgan fingerprint density at radius 3 is 2.45 bits per heavy atom. The van der Waals surface area contributed by atoms with E-state index in [1.54, 1.807) is 12.1 Å². The van der Waals surface area contributed by atoms with Gasteiger partial charge in [-0.2, -0.15) is 0 Å². The molecule has 0 aromatic heterocycles. The molecular formula is C17H17BrO2. The molecule has 0 radical (unpaired) electrons. The number of carbonyl (C=O) groups excluding carboxylic acids is 1. The molecule has 0 unspecified atom stereocenters. The van der Waals surface area contributed by atoms with E-state index in [1.165, 1.54) is 11.1 Å². The van der Waals surface area contributed by atoms with Gasteiger partial charge < -0.3 is 4.74 Å². The SMILES string of the molecule is Cc1ccc(COCC(=O)c2ccc(Br)cc2)c(C)c1. The number of hydrogen-bond donors (Lipinski definition) is 0. The summed E-state index contributed by atoms with van der Waals surface area (Å²) in [4.78, 5) is 11.9. The van der Waals surface area contributed by atoms with Crippen LogP contribution in [0.3, 0.4) is 0 Å². The Kier molecular flexibility index (Phi) is 5.10. The third-order valence-electron chi connectivity index (χ3n) is 3.16. The van der Waals surface area contributed by atoms with Crippen LogP contribution < -0.4 is 0 Å². The first-order valence-corrected chi connectivity index (χ1v) is 7.28. The Morgan fingerprint density at radius 1 is 1.10 bits per heavy atom. The van der Waals surface area contributed by atoms with Crippen LogP contribution >= 0.6 is 15.9 Å². The number of carbonyl (C=O) groups is 1. The van der Waals surface area contributed by atoms with E-state index in [0.29, 0.717) is 12.2 Å². The molecular weight excluding hydrogens is 316 g/mol. The Morgan fingerprint density at radius 2 is 1.80 bits per heavy atom. The van der Waals surface area contributed by atoms with Gasteiger partial charge in [0.25, 0.3) is 0 Å². The van der Waals surface area contributed by atoms with Gasteiger partial charge in [-0.25, -0.2) is 0 Å². The van der Waals surface area contributed by atoms with Crippen molar-refractivity contribution in [3.63, 3.8) is 0 Å². The maximum atomic E-state index is 11.9. The zero-order chi connectivity index (χ0) is 14.5. The van der Waals surface area contributed by atoms with Gasteiger partial charge in [0, 0.05) is 10.0 Å². The van der Waals surface area contributed by atoms with Crippen LogP contribution in [0.4, 0.5) is 0 Å². The number of halogens is 1. The monoisotopic (exact) mass is 332 g/mol. The zero-order valence-corrected chi connectivity index (χ0v) is 13.2. The van der Waals surface area contributed by atoms with E-state index < -0.39 is 0 Å². The van der Waals surface area contributed by atoms with Gasteiger partial charge in [0.15, 0.2) is 5.78 Å². The van der Waals surface area contributed by atoms with E-state index in [9.17, 15) is 4.79 Å². The molecule has 0 N–H and O–H groups in total. The number of rotatable bonds is 5. The van der Waals surface area contributed by atoms with Gasteiger partial charge in [-0.15, -0.1) is 0 Å². The third kappa shape index (κ3) is 4.02. The first kappa shape index (κ1) is 14.9. The summed E-state index contributed by atoms with van der Waals surface area (Å²) in [5.41, 5.74) is 4.23. The Hall–Kier alpha value is -1.45. The standard InChI is InChI=1S/C17H17BrO2/c1-12-3-4-15(13(2)9-12)10-20-11-17(19)14-5-7-16(18)8-6-14/h3-9H,10-11H2,1-2H3. The van der Waals surface area contributed by atoms with Crippen LogP contribution in [-0.4, -0.2) is 12.4 Å². The fraction of sp³-hybridized carbons (Fsp3) is 0.235. The van der Waals surface area contributed by atoms with Gasteiger partial charge >= 0.3 is 0 Å². The summed E-state index contributed by atoms with van der Waals surface area (Å²) >= 11 is 3.35. The molecule has 0 aliphatic heterocycles. The highest BCUT2D eigenvalue weighted by Crippen LogP contribution is 2.13. The Bertz CT molecular complexity index is 603. The number of ketones is 1. The molecule has 104 valence electrons. The molecule has 0 heterocycles. The van der Waals surface area contributed by atoms with Crippen molar-refractivity contribution in [2.75, 3.05) is 6.61 Å². The van der Waals surface area contributed by atoms with Crippen LogP contribution in [0.5, 0.6) is 0 Å². The van der Waals surface area contributed by atoms with E-state index >= 15 is 0 Å². The summed E-state index contributed by atoms with van der Waals surface area (Å²) in [6, 6.07) is 13.5. The number of benzene rings is 2. The summed E-state index contributed by atoms with van der Waals surface area (Å²) in [6.07, 6.45) is 0. The second kappa shape index (κ2) is 6.82. The highest BCUT2D eigenvalue weighted by molar-refractivity contribution is 9.10. The van der Waals surface area contributed by atoms with Gasteiger partial charge in [-0.1, -0.05) is 51.8 Å². The van der Waals surface area contributed by atoms with Crippen molar-refractivity contribution in [3.05, 3.63) is 69.2 Å². The first-order chi connectivity index (χ1) is 9.56. The van der Waals surface area contributed by atoms with Gasteiger partial charge in [0.2, 0.25) is 0 Å². The van der Waals surface area contributed by atoms with E-state index in [0.717, 1.165) is 10.0 Å². The summed E-state index contributed by atoms with van der Waals surface area (Å²) in [7, 11) is 0. The predicted octanol–water partition coefficient (Wildman–Crippen LogP) is 4.47. The van der Waals surface area contributed by atoms with E-state index in [-0.39, 0.29) is 12.4 Å². The summed E-state index contributed by atoms with van der Waals surface area (Å²) in [6.45, 7) is 4.69. The molecule has 0 fully saturated rings. The topological polar surface area (TPSA) is 26.3 Å². The minimum absolute atomic E-state index is 0.00210. The van der Waals surface area contributed by atoms with Crippen molar-refractivity contribution in [2.45, 2.75) is 20.5 Å². The Balaban J connectivity index is 1.89. The quantitative estimate of drug-likeness (QED) is 0.755. The zero-order valence-electron chi connectivity index (χ0n) is 11.7. The molecule has 3 heteroatoms. The minimum Gasteiger partial charge on any atom is -0.369 e. The van der Waals surface area contributed by atoms with Crippen LogP contribution in [-0.2, 0) is 11.3 Å². The predicted molar refractivity (Wildman–Crippen MR) is 84.0 cm³/mol. The molecule has 2 aromatic rings. The molecule has 20 heavy (non-hydrogen) atoms. The van der Waals surface area contributed by atoms with E-state index in [1.807, 2.05) is 12.1 Å². The molecule has 0 aliphatic rings. The van der Waals surface area contributed by atoms with Crippen molar-refractivity contribution in [2.24, 2.45) is 0 Å². The summed E-state index contributed by atoms with van der Waals surface area (Å²) in [5, 5.41) is 0. The molecule has 2 nitrogen and oxygen atoms in total. The lowest BCUT2D eigenvalue weighted by molar-refractivity contribution is 0.0725. The van der Waals surface area contributed by atoms with Crippen molar-refractivity contribution >= 4 is 21.7 Å². The van der Waals surface area contributed by atoms with Crippen molar-refractivity contribution in [1.29, 1.82) is 0 Å². The summed E-state index contributed by atoms with van der Waals surface area (Å²) < 4.78 is 6.49. The average Bonchev–Trinajstić information content (AvgIpc) is 2.42. The van der Waals surface area contributed by atoms with Crippen molar-refractivity contribution in [1.82, 2.24) is 0 Å². The van der Waals surface area contributed by atoms with Crippen LogP contribution in [0.1, 0.15) is 27.0 Å².